The molecular weight excluding hydrogens is 321 g/mol. The lowest BCUT2D eigenvalue weighted by Gasteiger charge is -2.29. The molecule has 1 saturated heterocycles. The number of hydrogen-bond acceptors (Lipinski definition) is 6. The molecule has 9 heteroatoms. The van der Waals surface area contributed by atoms with Gasteiger partial charge in [-0.1, -0.05) is 0 Å². The van der Waals surface area contributed by atoms with Crippen molar-refractivity contribution in [1.29, 1.82) is 0 Å². The van der Waals surface area contributed by atoms with E-state index < -0.39 is 11.9 Å². The van der Waals surface area contributed by atoms with Crippen LogP contribution in [0.1, 0.15) is 18.5 Å². The Hall–Kier alpha value is -2.45. The number of hydrogen-bond donors (Lipinski definition) is 0. The Bertz CT molecular complexity index is 678. The molecule has 0 aromatic carbocycles. The molecule has 24 heavy (non-hydrogen) atoms. The molecule has 3 rings (SSSR count). The van der Waals surface area contributed by atoms with Crippen molar-refractivity contribution in [1.82, 2.24) is 20.2 Å². The molecule has 2 aromatic heterocycles. The standard InChI is InChI=1S/C15H17F3N6/c1-23(14-19-8-6-12(21-14)15(16,17)18)10-11-4-3-9-24(11)13-5-2-7-20-22-13/h2,5-8,11H,3-4,9-10H2,1H3. The van der Waals surface area contributed by atoms with E-state index in [1.165, 1.54) is 0 Å². The fraction of sp³-hybridized carbons (Fsp3) is 0.467. The van der Waals surface area contributed by atoms with E-state index in [1.54, 1.807) is 18.1 Å². The van der Waals surface area contributed by atoms with Crippen LogP contribution in [0.25, 0.3) is 0 Å². The number of likely N-dealkylation sites (N-methyl/N-ethyl adjacent to an activating group) is 1. The number of anilines is 2. The van der Waals surface area contributed by atoms with Crippen molar-refractivity contribution in [3.05, 3.63) is 36.3 Å². The van der Waals surface area contributed by atoms with Crippen molar-refractivity contribution in [3.63, 3.8) is 0 Å². The highest BCUT2D eigenvalue weighted by Crippen LogP contribution is 2.28. The SMILES string of the molecule is CN(CC1CCCN1c1cccnn1)c1nccc(C(F)(F)F)n1. The predicted octanol–water partition coefficient (Wildman–Crippen LogP) is 2.39. The van der Waals surface area contributed by atoms with Crippen LogP contribution in [0.2, 0.25) is 0 Å². The maximum Gasteiger partial charge on any atom is 0.433 e. The summed E-state index contributed by atoms with van der Waals surface area (Å²) in [4.78, 5) is 11.4. The zero-order chi connectivity index (χ0) is 17.2. The topological polar surface area (TPSA) is 58.0 Å². The van der Waals surface area contributed by atoms with Gasteiger partial charge in [0.25, 0.3) is 0 Å². The second-order valence-electron chi connectivity index (χ2n) is 5.69. The molecule has 3 heterocycles. The highest BCUT2D eigenvalue weighted by molar-refractivity contribution is 5.41. The van der Waals surface area contributed by atoms with E-state index in [-0.39, 0.29) is 12.0 Å². The Morgan fingerprint density at radius 2 is 2.12 bits per heavy atom. The summed E-state index contributed by atoms with van der Waals surface area (Å²) in [6.45, 7) is 1.36. The van der Waals surface area contributed by atoms with Crippen molar-refractivity contribution in [2.24, 2.45) is 0 Å². The van der Waals surface area contributed by atoms with Gasteiger partial charge in [-0.15, -0.1) is 5.10 Å². The smallest absolute Gasteiger partial charge is 0.350 e. The minimum atomic E-state index is -4.47. The number of alkyl halides is 3. The number of rotatable bonds is 4. The molecule has 0 radical (unpaired) electrons. The quantitative estimate of drug-likeness (QED) is 0.853. The number of aromatic nitrogens is 4. The molecule has 1 fully saturated rings. The largest absolute Gasteiger partial charge is 0.433 e. The monoisotopic (exact) mass is 338 g/mol. The van der Waals surface area contributed by atoms with E-state index >= 15 is 0 Å². The molecule has 1 aliphatic heterocycles. The molecule has 128 valence electrons. The second-order valence-corrected chi connectivity index (χ2v) is 5.69. The Labute approximate surface area is 137 Å². The average molecular weight is 338 g/mol. The molecular formula is C15H17F3N6. The molecule has 0 saturated carbocycles. The van der Waals surface area contributed by atoms with E-state index in [4.69, 9.17) is 0 Å². The van der Waals surface area contributed by atoms with Crippen LogP contribution >= 0.6 is 0 Å². The van der Waals surface area contributed by atoms with Crippen LogP contribution in [0.15, 0.2) is 30.6 Å². The minimum absolute atomic E-state index is 0.0656. The van der Waals surface area contributed by atoms with Gasteiger partial charge in [0.1, 0.15) is 5.69 Å². The molecule has 1 unspecified atom stereocenters. The predicted molar refractivity (Wildman–Crippen MR) is 82.7 cm³/mol. The van der Waals surface area contributed by atoms with Gasteiger partial charge in [-0.05, 0) is 31.0 Å². The highest BCUT2D eigenvalue weighted by atomic mass is 19.4. The first-order valence-electron chi connectivity index (χ1n) is 7.61. The second kappa shape index (κ2) is 6.58. The van der Waals surface area contributed by atoms with Crippen molar-refractivity contribution in [2.75, 3.05) is 29.9 Å². The molecule has 1 atom stereocenters. The molecule has 6 nitrogen and oxygen atoms in total. The van der Waals surface area contributed by atoms with Gasteiger partial charge in [-0.3, -0.25) is 0 Å². The molecule has 1 aliphatic rings. The van der Waals surface area contributed by atoms with Gasteiger partial charge in [-0.2, -0.15) is 18.3 Å². The lowest BCUT2D eigenvalue weighted by molar-refractivity contribution is -0.141. The van der Waals surface area contributed by atoms with E-state index in [0.717, 1.165) is 37.5 Å². The third-order valence-electron chi connectivity index (χ3n) is 3.99. The minimum Gasteiger partial charge on any atom is -0.350 e. The van der Waals surface area contributed by atoms with Gasteiger partial charge in [-0.25, -0.2) is 9.97 Å². The Morgan fingerprint density at radius 1 is 1.29 bits per heavy atom. The Morgan fingerprint density at radius 3 is 2.83 bits per heavy atom. The van der Waals surface area contributed by atoms with Gasteiger partial charge in [0.2, 0.25) is 5.95 Å². The van der Waals surface area contributed by atoms with Crippen molar-refractivity contribution in [3.8, 4) is 0 Å². The molecule has 0 spiro atoms. The Balaban J connectivity index is 1.73. The lowest BCUT2D eigenvalue weighted by atomic mass is 10.2. The van der Waals surface area contributed by atoms with E-state index in [9.17, 15) is 13.2 Å². The van der Waals surface area contributed by atoms with Crippen LogP contribution in [-0.4, -0.2) is 46.3 Å². The first-order valence-corrected chi connectivity index (χ1v) is 7.61. The van der Waals surface area contributed by atoms with Gasteiger partial charge in [0, 0.05) is 38.6 Å². The van der Waals surface area contributed by atoms with Gasteiger partial charge in [0.05, 0.1) is 0 Å². The summed E-state index contributed by atoms with van der Waals surface area (Å²) in [5.74, 6) is 0.842. The maximum atomic E-state index is 12.8. The molecule has 0 bridgehead atoms. The fourth-order valence-electron chi connectivity index (χ4n) is 2.86. The van der Waals surface area contributed by atoms with Gasteiger partial charge >= 0.3 is 6.18 Å². The molecule has 2 aromatic rings. The van der Waals surface area contributed by atoms with E-state index in [0.29, 0.717) is 6.54 Å². The third kappa shape index (κ3) is 3.55. The maximum absolute atomic E-state index is 12.8. The molecule has 0 N–H and O–H groups in total. The summed E-state index contributed by atoms with van der Waals surface area (Å²) >= 11 is 0. The lowest BCUT2D eigenvalue weighted by Crippen LogP contribution is -2.40. The van der Waals surface area contributed by atoms with Crippen molar-refractivity contribution < 1.29 is 13.2 Å². The van der Waals surface area contributed by atoms with Crippen LogP contribution < -0.4 is 9.80 Å². The zero-order valence-electron chi connectivity index (χ0n) is 13.1. The van der Waals surface area contributed by atoms with E-state index in [2.05, 4.69) is 25.1 Å². The van der Waals surface area contributed by atoms with Crippen LogP contribution in [-0.2, 0) is 6.18 Å². The van der Waals surface area contributed by atoms with Gasteiger partial charge < -0.3 is 9.80 Å². The zero-order valence-corrected chi connectivity index (χ0v) is 13.1. The normalized spacial score (nSPS) is 18.0. The van der Waals surface area contributed by atoms with Crippen molar-refractivity contribution in [2.45, 2.75) is 25.1 Å². The summed E-state index contributed by atoms with van der Waals surface area (Å²) in [6.07, 6.45) is 0.198. The number of halogens is 3. The first-order chi connectivity index (χ1) is 11.4. The Kier molecular flexibility index (Phi) is 4.50. The van der Waals surface area contributed by atoms with Crippen LogP contribution in [0.4, 0.5) is 24.9 Å². The average Bonchev–Trinajstić information content (AvgIpc) is 3.03. The summed E-state index contributed by atoms with van der Waals surface area (Å²) < 4.78 is 38.4. The van der Waals surface area contributed by atoms with E-state index in [1.807, 2.05) is 12.1 Å². The van der Waals surface area contributed by atoms with Crippen LogP contribution in [0.5, 0.6) is 0 Å². The summed E-state index contributed by atoms with van der Waals surface area (Å²) in [5.41, 5.74) is -0.934. The summed E-state index contributed by atoms with van der Waals surface area (Å²) in [5, 5.41) is 8.00. The first kappa shape index (κ1) is 16.4. The van der Waals surface area contributed by atoms with Crippen LogP contribution in [0, 0.1) is 0 Å². The van der Waals surface area contributed by atoms with Crippen LogP contribution in [0.3, 0.4) is 0 Å². The summed E-state index contributed by atoms with van der Waals surface area (Å²) in [7, 11) is 1.70. The highest BCUT2D eigenvalue weighted by Gasteiger charge is 2.33. The van der Waals surface area contributed by atoms with Gasteiger partial charge in [0.15, 0.2) is 5.82 Å². The molecule has 0 amide bonds. The van der Waals surface area contributed by atoms with Crippen molar-refractivity contribution >= 4 is 11.8 Å². The fourth-order valence-corrected chi connectivity index (χ4v) is 2.86. The third-order valence-corrected chi connectivity index (χ3v) is 3.99. The number of nitrogens with zero attached hydrogens (tertiary/aromatic N) is 6. The molecule has 0 aliphatic carbocycles. The summed E-state index contributed by atoms with van der Waals surface area (Å²) in [6, 6.07) is 4.70.